The number of methoxy groups -OCH3 is 1. The lowest BCUT2D eigenvalue weighted by Gasteiger charge is -2.16. The Kier molecular flexibility index (Phi) is 4.49. The van der Waals surface area contributed by atoms with E-state index in [9.17, 15) is 22.4 Å². The van der Waals surface area contributed by atoms with E-state index in [0.717, 1.165) is 7.11 Å². The monoisotopic (exact) mass is 267 g/mol. The second-order valence-electron chi connectivity index (χ2n) is 3.33. The van der Waals surface area contributed by atoms with Crippen molar-refractivity contribution in [2.24, 2.45) is 0 Å². The van der Waals surface area contributed by atoms with Crippen LogP contribution in [0.25, 0.3) is 0 Å². The molecule has 1 unspecified atom stereocenters. The number of benzene rings is 1. The van der Waals surface area contributed by atoms with Crippen molar-refractivity contribution in [1.82, 2.24) is 0 Å². The van der Waals surface area contributed by atoms with Crippen molar-refractivity contribution >= 4 is 11.7 Å². The van der Waals surface area contributed by atoms with Crippen molar-refractivity contribution in [2.45, 2.75) is 6.04 Å². The smallest absolute Gasteiger partial charge is 0.328 e. The number of hydrogen-bond acceptors (Lipinski definition) is 3. The van der Waals surface area contributed by atoms with Gasteiger partial charge in [0.2, 0.25) is 0 Å². The van der Waals surface area contributed by atoms with Crippen molar-refractivity contribution in [3.05, 3.63) is 29.3 Å². The van der Waals surface area contributed by atoms with Gasteiger partial charge in [0.25, 0.3) is 0 Å². The molecular formula is C10H9F4NO3. The highest BCUT2D eigenvalue weighted by Crippen LogP contribution is 2.24. The van der Waals surface area contributed by atoms with Gasteiger partial charge in [0.05, 0.1) is 6.61 Å². The molecule has 8 heteroatoms. The third-order valence-electron chi connectivity index (χ3n) is 2.06. The molecule has 0 radical (unpaired) electrons. The van der Waals surface area contributed by atoms with Crippen LogP contribution in [-0.2, 0) is 9.53 Å². The van der Waals surface area contributed by atoms with Crippen molar-refractivity contribution in [1.29, 1.82) is 0 Å². The van der Waals surface area contributed by atoms with E-state index >= 15 is 0 Å². The summed E-state index contributed by atoms with van der Waals surface area (Å²) in [6, 6.07) is -1.51. The highest BCUT2D eigenvalue weighted by atomic mass is 19.2. The molecule has 0 fully saturated rings. The number of ether oxygens (including phenoxy) is 1. The molecule has 2 N–H and O–H groups in total. The van der Waals surface area contributed by atoms with Crippen LogP contribution in [0, 0.1) is 23.3 Å². The summed E-state index contributed by atoms with van der Waals surface area (Å²) in [6.45, 7) is -0.438. The number of carboxylic acids is 1. The number of carboxylic acid groups (broad SMARTS) is 1. The topological polar surface area (TPSA) is 58.6 Å². The Bertz CT molecular complexity index is 441. The van der Waals surface area contributed by atoms with Gasteiger partial charge in [0.1, 0.15) is 11.7 Å². The summed E-state index contributed by atoms with van der Waals surface area (Å²) in [4.78, 5) is 10.7. The van der Waals surface area contributed by atoms with Crippen molar-refractivity contribution in [2.75, 3.05) is 19.0 Å². The molecule has 0 bridgehead atoms. The molecule has 1 rings (SSSR count). The fourth-order valence-electron chi connectivity index (χ4n) is 1.22. The highest BCUT2D eigenvalue weighted by Gasteiger charge is 2.24. The zero-order chi connectivity index (χ0) is 13.9. The van der Waals surface area contributed by atoms with Crippen LogP contribution in [0.2, 0.25) is 0 Å². The normalized spacial score (nSPS) is 12.3. The number of aliphatic carboxylic acids is 1. The third kappa shape index (κ3) is 2.89. The summed E-state index contributed by atoms with van der Waals surface area (Å²) >= 11 is 0. The number of halogens is 4. The summed E-state index contributed by atoms with van der Waals surface area (Å²) in [5.41, 5.74) is -1.18. The van der Waals surface area contributed by atoms with Gasteiger partial charge in [-0.15, -0.1) is 0 Å². The van der Waals surface area contributed by atoms with E-state index in [1.165, 1.54) is 0 Å². The molecule has 0 aliphatic carbocycles. The van der Waals surface area contributed by atoms with Crippen molar-refractivity contribution < 1.29 is 32.2 Å². The minimum Gasteiger partial charge on any atom is -0.480 e. The molecule has 0 amide bonds. The van der Waals surface area contributed by atoms with Gasteiger partial charge in [0.15, 0.2) is 23.3 Å². The van der Waals surface area contributed by atoms with Crippen LogP contribution in [0.5, 0.6) is 0 Å². The van der Waals surface area contributed by atoms with E-state index < -0.39 is 47.6 Å². The van der Waals surface area contributed by atoms with E-state index in [0.29, 0.717) is 0 Å². The second kappa shape index (κ2) is 5.67. The zero-order valence-corrected chi connectivity index (χ0v) is 9.14. The van der Waals surface area contributed by atoms with Crippen LogP contribution in [0.4, 0.5) is 23.2 Å². The maximum Gasteiger partial charge on any atom is 0.328 e. The quantitative estimate of drug-likeness (QED) is 0.630. The lowest BCUT2D eigenvalue weighted by atomic mass is 10.2. The van der Waals surface area contributed by atoms with Gasteiger partial charge in [-0.05, 0) is 0 Å². The second-order valence-corrected chi connectivity index (χ2v) is 3.33. The molecule has 0 aliphatic heterocycles. The van der Waals surface area contributed by atoms with E-state index in [1.54, 1.807) is 0 Å². The largest absolute Gasteiger partial charge is 0.480 e. The maximum atomic E-state index is 13.2. The van der Waals surface area contributed by atoms with Gasteiger partial charge in [-0.25, -0.2) is 22.4 Å². The van der Waals surface area contributed by atoms with Gasteiger partial charge in [0, 0.05) is 13.2 Å². The first-order chi connectivity index (χ1) is 8.38. The summed E-state index contributed by atoms with van der Waals surface area (Å²) in [5, 5.41) is 10.6. The van der Waals surface area contributed by atoms with E-state index in [4.69, 9.17) is 5.11 Å². The minimum atomic E-state index is -1.70. The van der Waals surface area contributed by atoms with Crippen LogP contribution in [0.3, 0.4) is 0 Å². The standard InChI is InChI=1S/C10H9F4NO3/c1-18-3-6(10(16)17)15-9-7(13)4(11)2-5(12)8(9)14/h2,6,15H,3H2,1H3,(H,16,17). The molecule has 1 aromatic rings. The molecule has 0 heterocycles. The van der Waals surface area contributed by atoms with Crippen LogP contribution < -0.4 is 5.32 Å². The average molecular weight is 267 g/mol. The Morgan fingerprint density at radius 1 is 1.33 bits per heavy atom. The molecule has 100 valence electrons. The van der Waals surface area contributed by atoms with E-state index in [1.807, 2.05) is 5.32 Å². The van der Waals surface area contributed by atoms with Crippen molar-refractivity contribution in [3.8, 4) is 0 Å². The van der Waals surface area contributed by atoms with Crippen molar-refractivity contribution in [3.63, 3.8) is 0 Å². The fraction of sp³-hybridized carbons (Fsp3) is 0.300. The molecule has 0 spiro atoms. The summed E-state index contributed by atoms with van der Waals surface area (Å²) < 4.78 is 56.7. The summed E-state index contributed by atoms with van der Waals surface area (Å²) in [6.07, 6.45) is 0. The molecule has 0 aliphatic rings. The number of carbonyl (C=O) groups is 1. The molecule has 18 heavy (non-hydrogen) atoms. The van der Waals surface area contributed by atoms with Gasteiger partial charge < -0.3 is 15.2 Å². The first-order valence-corrected chi connectivity index (χ1v) is 4.69. The Morgan fingerprint density at radius 3 is 2.22 bits per heavy atom. The van der Waals surface area contributed by atoms with E-state index in [-0.39, 0.29) is 6.07 Å². The summed E-state index contributed by atoms with van der Waals surface area (Å²) in [5.74, 6) is -8.14. The Labute approximate surface area is 99.2 Å². The lowest BCUT2D eigenvalue weighted by molar-refractivity contribution is -0.139. The minimum absolute atomic E-state index is 0.0297. The molecule has 1 atom stereocenters. The molecule has 1 aromatic carbocycles. The van der Waals surface area contributed by atoms with Crippen LogP contribution >= 0.6 is 0 Å². The van der Waals surface area contributed by atoms with Gasteiger partial charge in [-0.1, -0.05) is 0 Å². The molecular weight excluding hydrogens is 258 g/mol. The number of rotatable bonds is 5. The molecule has 0 saturated heterocycles. The molecule has 4 nitrogen and oxygen atoms in total. The number of anilines is 1. The molecule has 0 saturated carbocycles. The first-order valence-electron chi connectivity index (χ1n) is 4.69. The zero-order valence-electron chi connectivity index (χ0n) is 9.14. The Morgan fingerprint density at radius 2 is 1.83 bits per heavy atom. The number of hydrogen-bond donors (Lipinski definition) is 2. The third-order valence-corrected chi connectivity index (χ3v) is 2.06. The predicted molar refractivity (Wildman–Crippen MR) is 53.2 cm³/mol. The lowest BCUT2D eigenvalue weighted by Crippen LogP contribution is -2.34. The first kappa shape index (κ1) is 14.2. The SMILES string of the molecule is COCC(Nc1c(F)c(F)cc(F)c1F)C(=O)O. The Balaban J connectivity index is 3.13. The average Bonchev–Trinajstić information content (AvgIpc) is 2.30. The fourth-order valence-corrected chi connectivity index (χ4v) is 1.22. The van der Waals surface area contributed by atoms with Crippen LogP contribution in [0.15, 0.2) is 6.07 Å². The predicted octanol–water partition coefficient (Wildman–Crippen LogP) is 1.75. The Hall–Kier alpha value is -1.83. The van der Waals surface area contributed by atoms with Crippen LogP contribution in [-0.4, -0.2) is 30.8 Å². The van der Waals surface area contributed by atoms with Gasteiger partial charge >= 0.3 is 5.97 Å². The van der Waals surface area contributed by atoms with Gasteiger partial charge in [-0.2, -0.15) is 0 Å². The highest BCUT2D eigenvalue weighted by molar-refractivity contribution is 5.77. The summed E-state index contributed by atoms with van der Waals surface area (Å²) in [7, 11) is 1.16. The van der Waals surface area contributed by atoms with Crippen LogP contribution in [0.1, 0.15) is 0 Å². The van der Waals surface area contributed by atoms with Gasteiger partial charge in [-0.3, -0.25) is 0 Å². The van der Waals surface area contributed by atoms with E-state index in [2.05, 4.69) is 4.74 Å². The number of nitrogens with one attached hydrogen (secondary N) is 1. The maximum absolute atomic E-state index is 13.2. The molecule has 0 aromatic heterocycles.